The highest BCUT2D eigenvalue weighted by atomic mass is 19.3. The number of anilines is 1. The number of para-hydroxylation sites is 2. The number of aromatic nitrogens is 4. The van der Waals surface area contributed by atoms with Gasteiger partial charge in [0.2, 0.25) is 11.8 Å². The van der Waals surface area contributed by atoms with Gasteiger partial charge in [-0.2, -0.15) is 9.97 Å². The monoisotopic (exact) mass is 514 g/mol. The number of fused-ring (bicyclic) bond motifs is 1. The van der Waals surface area contributed by atoms with E-state index in [2.05, 4.69) is 15.0 Å². The fourth-order valence-electron chi connectivity index (χ4n) is 4.96. The molecule has 0 unspecified atom stereocenters. The lowest BCUT2D eigenvalue weighted by molar-refractivity contribution is -0.148. The molecular formula is C25H28F2N6O4. The molecule has 0 bridgehead atoms. The van der Waals surface area contributed by atoms with E-state index in [1.807, 2.05) is 4.90 Å². The fraction of sp³-hybridized carbons (Fsp3) is 0.520. The Kier molecular flexibility index (Phi) is 6.59. The van der Waals surface area contributed by atoms with Crippen LogP contribution in [-0.2, 0) is 14.3 Å². The van der Waals surface area contributed by atoms with Gasteiger partial charge in [0, 0.05) is 44.8 Å². The van der Waals surface area contributed by atoms with Crippen LogP contribution in [0.15, 0.2) is 30.3 Å². The molecule has 3 fully saturated rings. The molecule has 5 heterocycles. The Bertz CT molecular complexity index is 1270. The molecule has 1 atom stereocenters. The summed E-state index contributed by atoms with van der Waals surface area (Å²) in [6, 6.07) is 8.53. The Hall–Kier alpha value is -3.38. The number of likely N-dealkylation sites (tertiary alicyclic amines) is 1. The van der Waals surface area contributed by atoms with Crippen molar-refractivity contribution in [3.63, 3.8) is 0 Å². The second-order valence-corrected chi connectivity index (χ2v) is 9.48. The Morgan fingerprint density at radius 1 is 1.11 bits per heavy atom. The van der Waals surface area contributed by atoms with Gasteiger partial charge in [0.25, 0.3) is 12.3 Å². The van der Waals surface area contributed by atoms with Crippen LogP contribution in [0.25, 0.3) is 16.9 Å². The van der Waals surface area contributed by atoms with Gasteiger partial charge < -0.3 is 24.0 Å². The normalized spacial score (nSPS) is 20.6. The lowest BCUT2D eigenvalue weighted by atomic mass is 10.00. The Morgan fingerprint density at radius 3 is 2.68 bits per heavy atom. The highest BCUT2D eigenvalue weighted by Gasteiger charge is 2.36. The molecule has 37 heavy (non-hydrogen) atoms. The summed E-state index contributed by atoms with van der Waals surface area (Å²) in [4.78, 5) is 29.6. The third-order valence-corrected chi connectivity index (χ3v) is 6.92. The molecule has 0 aliphatic carbocycles. The maximum atomic E-state index is 14.0. The summed E-state index contributed by atoms with van der Waals surface area (Å²) in [6.07, 6.45) is -1.43. The van der Waals surface area contributed by atoms with E-state index in [-0.39, 0.29) is 35.5 Å². The van der Waals surface area contributed by atoms with Crippen LogP contribution in [0.1, 0.15) is 25.1 Å². The van der Waals surface area contributed by atoms with Gasteiger partial charge in [0.15, 0.2) is 5.82 Å². The van der Waals surface area contributed by atoms with Crippen molar-refractivity contribution in [2.24, 2.45) is 5.92 Å². The summed E-state index contributed by atoms with van der Waals surface area (Å²) in [5, 5.41) is 0. The highest BCUT2D eigenvalue weighted by molar-refractivity contribution is 5.82. The molecule has 0 saturated carbocycles. The predicted octanol–water partition coefficient (Wildman–Crippen LogP) is 2.61. The first kappa shape index (κ1) is 24.0. The van der Waals surface area contributed by atoms with Gasteiger partial charge in [-0.3, -0.25) is 9.36 Å². The molecule has 3 aliphatic rings. The van der Waals surface area contributed by atoms with E-state index in [0.29, 0.717) is 69.6 Å². The minimum absolute atomic E-state index is 0.0409. The lowest BCUT2D eigenvalue weighted by Crippen LogP contribution is -2.55. The molecule has 6 rings (SSSR count). The van der Waals surface area contributed by atoms with Crippen molar-refractivity contribution >= 4 is 22.9 Å². The molecule has 10 nitrogen and oxygen atoms in total. The number of nitrogens with zero attached hydrogens (tertiary/aromatic N) is 6. The zero-order valence-corrected chi connectivity index (χ0v) is 20.3. The van der Waals surface area contributed by atoms with Gasteiger partial charge >= 0.3 is 0 Å². The molecule has 3 aromatic rings. The summed E-state index contributed by atoms with van der Waals surface area (Å²) < 4.78 is 46.4. The number of benzene rings is 1. The van der Waals surface area contributed by atoms with Crippen LogP contribution in [0.4, 0.5) is 14.7 Å². The van der Waals surface area contributed by atoms with E-state index < -0.39 is 6.43 Å². The smallest absolute Gasteiger partial charge is 0.296 e. The van der Waals surface area contributed by atoms with Crippen LogP contribution >= 0.6 is 0 Å². The highest BCUT2D eigenvalue weighted by Crippen LogP contribution is 2.30. The van der Waals surface area contributed by atoms with Crippen molar-refractivity contribution in [1.82, 2.24) is 24.4 Å². The number of rotatable bonds is 7. The van der Waals surface area contributed by atoms with Crippen molar-refractivity contribution in [3.8, 4) is 11.7 Å². The van der Waals surface area contributed by atoms with Gasteiger partial charge in [0.1, 0.15) is 11.9 Å². The summed E-state index contributed by atoms with van der Waals surface area (Å²) in [7, 11) is 0. The van der Waals surface area contributed by atoms with Crippen LogP contribution in [0.3, 0.4) is 0 Å². The van der Waals surface area contributed by atoms with Crippen molar-refractivity contribution in [3.05, 3.63) is 36.2 Å². The van der Waals surface area contributed by atoms with Crippen LogP contribution < -0.4 is 9.64 Å². The van der Waals surface area contributed by atoms with Gasteiger partial charge in [-0.1, -0.05) is 12.1 Å². The van der Waals surface area contributed by atoms with Crippen molar-refractivity contribution in [1.29, 1.82) is 0 Å². The minimum atomic E-state index is -2.79. The molecule has 12 heteroatoms. The first-order chi connectivity index (χ1) is 18.1. The predicted molar refractivity (Wildman–Crippen MR) is 129 cm³/mol. The molecule has 2 aromatic heterocycles. The SMILES string of the molecule is O=C([C@@H]1CCCO1)N1CC(COc2cc(-n3c(C(F)F)nc4ccccc43)nc(N3CCOCC3)n2)C1. The van der Waals surface area contributed by atoms with E-state index in [9.17, 15) is 13.6 Å². The summed E-state index contributed by atoms with van der Waals surface area (Å²) in [6.45, 7) is 4.38. The number of ether oxygens (including phenoxy) is 3. The van der Waals surface area contributed by atoms with Crippen LogP contribution in [-0.4, -0.2) is 89.0 Å². The van der Waals surface area contributed by atoms with E-state index in [1.165, 1.54) is 4.57 Å². The summed E-state index contributed by atoms with van der Waals surface area (Å²) in [5.41, 5.74) is 0.981. The molecule has 1 amide bonds. The number of hydrogen-bond acceptors (Lipinski definition) is 8. The molecule has 0 N–H and O–H groups in total. The van der Waals surface area contributed by atoms with Crippen LogP contribution in [0.2, 0.25) is 0 Å². The van der Waals surface area contributed by atoms with Crippen LogP contribution in [0, 0.1) is 5.92 Å². The van der Waals surface area contributed by atoms with E-state index in [4.69, 9.17) is 14.2 Å². The third-order valence-electron chi connectivity index (χ3n) is 6.92. The quantitative estimate of drug-likeness (QED) is 0.475. The number of carbonyl (C=O) groups is 1. The summed E-state index contributed by atoms with van der Waals surface area (Å²) in [5.74, 6) is 0.742. The third kappa shape index (κ3) is 4.82. The van der Waals surface area contributed by atoms with Gasteiger partial charge in [-0.05, 0) is 25.0 Å². The van der Waals surface area contributed by atoms with Gasteiger partial charge in [0.05, 0.1) is 30.9 Å². The Morgan fingerprint density at radius 2 is 1.92 bits per heavy atom. The molecule has 1 aromatic carbocycles. The number of morpholine rings is 1. The average Bonchev–Trinajstić information content (AvgIpc) is 3.57. The molecule has 0 radical (unpaired) electrons. The number of carbonyl (C=O) groups excluding carboxylic acids is 1. The zero-order valence-electron chi connectivity index (χ0n) is 20.3. The lowest BCUT2D eigenvalue weighted by Gasteiger charge is -2.40. The second kappa shape index (κ2) is 10.2. The Balaban J connectivity index is 1.25. The average molecular weight is 515 g/mol. The minimum Gasteiger partial charge on any atom is -0.477 e. The topological polar surface area (TPSA) is 94.8 Å². The molecule has 3 saturated heterocycles. The standard InChI is InChI=1S/C25H28F2N6O4/c26-22(27)23-28-17-4-1-2-5-18(17)33(23)20-12-21(30-25(29-20)31-7-10-35-11-8-31)37-15-16-13-32(14-16)24(34)19-6-3-9-36-19/h1-2,4-5,12,16,19,22H,3,6-11,13-15H2/t19-/m0/s1. The number of imidazole rings is 1. The first-order valence-corrected chi connectivity index (χ1v) is 12.6. The molecule has 3 aliphatic heterocycles. The number of hydrogen-bond donors (Lipinski definition) is 0. The van der Waals surface area contributed by atoms with Crippen molar-refractivity contribution in [2.75, 3.05) is 57.5 Å². The number of amides is 1. The molecule has 0 spiro atoms. The largest absolute Gasteiger partial charge is 0.477 e. The second-order valence-electron chi connectivity index (χ2n) is 9.48. The maximum Gasteiger partial charge on any atom is 0.296 e. The maximum absolute atomic E-state index is 14.0. The molecular weight excluding hydrogens is 486 g/mol. The van der Waals surface area contributed by atoms with Crippen LogP contribution in [0.5, 0.6) is 5.88 Å². The van der Waals surface area contributed by atoms with Gasteiger partial charge in [-0.15, -0.1) is 0 Å². The number of halogens is 2. The zero-order chi connectivity index (χ0) is 25.4. The van der Waals surface area contributed by atoms with E-state index in [0.717, 1.165) is 12.8 Å². The Labute approximate surface area is 212 Å². The number of alkyl halides is 2. The van der Waals surface area contributed by atoms with E-state index >= 15 is 0 Å². The fourth-order valence-corrected chi connectivity index (χ4v) is 4.96. The van der Waals surface area contributed by atoms with E-state index in [1.54, 1.807) is 35.2 Å². The van der Waals surface area contributed by atoms with Crippen molar-refractivity contribution in [2.45, 2.75) is 25.4 Å². The molecule has 196 valence electrons. The van der Waals surface area contributed by atoms with Crippen molar-refractivity contribution < 1.29 is 27.8 Å². The first-order valence-electron chi connectivity index (χ1n) is 12.6. The van der Waals surface area contributed by atoms with Gasteiger partial charge in [-0.25, -0.2) is 13.8 Å². The summed E-state index contributed by atoms with van der Waals surface area (Å²) >= 11 is 0.